The van der Waals surface area contributed by atoms with E-state index in [1.807, 2.05) is 0 Å². The van der Waals surface area contributed by atoms with Crippen molar-refractivity contribution in [3.63, 3.8) is 0 Å². The zero-order valence-corrected chi connectivity index (χ0v) is 7.38. The van der Waals surface area contributed by atoms with Gasteiger partial charge in [-0.1, -0.05) is 0 Å². The van der Waals surface area contributed by atoms with Crippen LogP contribution in [0.3, 0.4) is 0 Å². The predicted octanol–water partition coefficient (Wildman–Crippen LogP) is 0.218. The van der Waals surface area contributed by atoms with E-state index in [4.69, 9.17) is 0 Å². The van der Waals surface area contributed by atoms with E-state index in [0.717, 1.165) is 13.0 Å². The molecule has 0 unspecified atom stereocenters. The van der Waals surface area contributed by atoms with Gasteiger partial charge in [-0.15, -0.1) is 0 Å². The summed E-state index contributed by atoms with van der Waals surface area (Å²) in [4.78, 5) is 12.7. The van der Waals surface area contributed by atoms with Gasteiger partial charge < -0.3 is 10.2 Å². The van der Waals surface area contributed by atoms with Crippen LogP contribution in [-0.4, -0.2) is 37.5 Å². The molecule has 0 saturated carbocycles. The second-order valence-corrected chi connectivity index (χ2v) is 4.09. The summed E-state index contributed by atoms with van der Waals surface area (Å²) in [5.41, 5.74) is 0.454. The monoisotopic (exact) mass is 168 g/mol. The molecule has 0 aromatic carbocycles. The summed E-state index contributed by atoms with van der Waals surface area (Å²) in [5, 5.41) is 2.84. The van der Waals surface area contributed by atoms with E-state index < -0.39 is 0 Å². The van der Waals surface area contributed by atoms with Gasteiger partial charge in [0, 0.05) is 6.54 Å². The van der Waals surface area contributed by atoms with Crippen molar-refractivity contribution in [1.29, 1.82) is 0 Å². The summed E-state index contributed by atoms with van der Waals surface area (Å²) >= 11 is 0. The molecule has 3 rings (SSSR count). The summed E-state index contributed by atoms with van der Waals surface area (Å²) in [7, 11) is 0. The molecule has 3 heterocycles. The Morgan fingerprint density at radius 2 is 1.83 bits per heavy atom. The topological polar surface area (TPSA) is 32.3 Å². The van der Waals surface area contributed by atoms with Gasteiger partial charge in [0.15, 0.2) is 0 Å². The molecule has 3 nitrogen and oxygen atoms in total. The van der Waals surface area contributed by atoms with Crippen LogP contribution in [0.15, 0.2) is 0 Å². The zero-order chi connectivity index (χ0) is 8.44. The van der Waals surface area contributed by atoms with Gasteiger partial charge in [0.25, 0.3) is 0 Å². The molecular formula is C9H16N2O. The number of carbonyl (C=O) groups is 1. The molecule has 0 aromatic heterocycles. The van der Waals surface area contributed by atoms with Crippen molar-refractivity contribution in [1.82, 2.24) is 10.2 Å². The Balaban J connectivity index is 1.94. The van der Waals surface area contributed by atoms with Gasteiger partial charge >= 0.3 is 0 Å². The Morgan fingerprint density at radius 1 is 1.25 bits per heavy atom. The second kappa shape index (κ2) is 3.05. The van der Waals surface area contributed by atoms with Crippen LogP contribution in [0.5, 0.6) is 0 Å². The first-order chi connectivity index (χ1) is 5.85. The summed E-state index contributed by atoms with van der Waals surface area (Å²) in [6, 6.07) is 0. The first-order valence-corrected chi connectivity index (χ1v) is 4.74. The minimum atomic E-state index is 0.454. The minimum Gasteiger partial charge on any atom is -0.358 e. The van der Waals surface area contributed by atoms with Crippen LogP contribution in [-0.2, 0) is 4.79 Å². The van der Waals surface area contributed by atoms with Crippen LogP contribution in [0.25, 0.3) is 0 Å². The lowest BCUT2D eigenvalue weighted by atomic mass is 9.72. The average Bonchev–Trinajstić information content (AvgIpc) is 2.18. The van der Waals surface area contributed by atoms with Crippen molar-refractivity contribution >= 4 is 6.41 Å². The molecule has 0 aliphatic carbocycles. The number of piperidine rings is 3. The summed E-state index contributed by atoms with van der Waals surface area (Å²) in [5.74, 6) is 0. The van der Waals surface area contributed by atoms with E-state index in [1.165, 1.54) is 38.9 Å². The molecule has 12 heavy (non-hydrogen) atoms. The molecule has 1 N–H and O–H groups in total. The largest absolute Gasteiger partial charge is 0.358 e. The van der Waals surface area contributed by atoms with Gasteiger partial charge in [-0.3, -0.25) is 4.79 Å². The molecule has 3 fully saturated rings. The molecule has 3 aliphatic heterocycles. The number of rotatable bonds is 3. The van der Waals surface area contributed by atoms with E-state index in [1.54, 1.807) is 0 Å². The average molecular weight is 168 g/mol. The van der Waals surface area contributed by atoms with Gasteiger partial charge in [0.05, 0.1) is 0 Å². The van der Waals surface area contributed by atoms with Crippen LogP contribution in [0.4, 0.5) is 0 Å². The van der Waals surface area contributed by atoms with Crippen LogP contribution >= 0.6 is 0 Å². The Kier molecular flexibility index (Phi) is 2.05. The molecule has 0 aromatic rings. The van der Waals surface area contributed by atoms with Crippen molar-refractivity contribution in [2.45, 2.75) is 19.3 Å². The van der Waals surface area contributed by atoms with Crippen molar-refractivity contribution in [3.05, 3.63) is 0 Å². The quantitative estimate of drug-likeness (QED) is 0.611. The molecule has 1 amide bonds. The standard InChI is InChI=1S/C9H16N2O/c12-8-10-7-9-1-4-11(5-2-9)6-3-9/h8H,1-7H2,(H,10,12). The Hall–Kier alpha value is -0.570. The fraction of sp³-hybridized carbons (Fsp3) is 0.889. The van der Waals surface area contributed by atoms with E-state index in [2.05, 4.69) is 10.2 Å². The molecule has 3 heteroatoms. The van der Waals surface area contributed by atoms with Gasteiger partial charge in [-0.25, -0.2) is 0 Å². The molecule has 0 radical (unpaired) electrons. The van der Waals surface area contributed by atoms with Crippen molar-refractivity contribution in [2.75, 3.05) is 26.2 Å². The minimum absolute atomic E-state index is 0.454. The highest BCUT2D eigenvalue weighted by molar-refractivity contribution is 5.46. The number of nitrogens with one attached hydrogen (secondary N) is 1. The van der Waals surface area contributed by atoms with Crippen LogP contribution < -0.4 is 5.32 Å². The lowest BCUT2D eigenvalue weighted by Crippen LogP contribution is -2.51. The van der Waals surface area contributed by atoms with Gasteiger partial charge in [0.2, 0.25) is 6.41 Å². The van der Waals surface area contributed by atoms with Gasteiger partial charge in [-0.05, 0) is 44.3 Å². The summed E-state index contributed by atoms with van der Waals surface area (Å²) in [6.07, 6.45) is 4.64. The first-order valence-electron chi connectivity index (χ1n) is 4.74. The van der Waals surface area contributed by atoms with E-state index in [0.29, 0.717) is 5.41 Å². The smallest absolute Gasteiger partial charge is 0.207 e. The lowest BCUT2D eigenvalue weighted by Gasteiger charge is -2.48. The van der Waals surface area contributed by atoms with E-state index in [-0.39, 0.29) is 0 Å². The maximum absolute atomic E-state index is 10.2. The first kappa shape index (κ1) is 8.05. The highest BCUT2D eigenvalue weighted by Gasteiger charge is 2.38. The second-order valence-electron chi connectivity index (χ2n) is 4.09. The van der Waals surface area contributed by atoms with E-state index in [9.17, 15) is 4.79 Å². The maximum Gasteiger partial charge on any atom is 0.207 e. The van der Waals surface area contributed by atoms with Crippen LogP contribution in [0.2, 0.25) is 0 Å². The molecule has 68 valence electrons. The predicted molar refractivity (Wildman–Crippen MR) is 46.8 cm³/mol. The third kappa shape index (κ3) is 1.33. The van der Waals surface area contributed by atoms with Crippen LogP contribution in [0, 0.1) is 5.41 Å². The lowest BCUT2D eigenvalue weighted by molar-refractivity contribution is -0.110. The number of hydrogen-bond donors (Lipinski definition) is 1. The van der Waals surface area contributed by atoms with Gasteiger partial charge in [-0.2, -0.15) is 0 Å². The molecule has 3 aliphatic rings. The third-order valence-corrected chi connectivity index (χ3v) is 3.44. The van der Waals surface area contributed by atoms with Gasteiger partial charge in [0.1, 0.15) is 0 Å². The number of nitrogens with zero attached hydrogens (tertiary/aromatic N) is 1. The fourth-order valence-corrected chi connectivity index (χ4v) is 2.42. The number of carbonyl (C=O) groups excluding carboxylic acids is 1. The number of amides is 1. The SMILES string of the molecule is O=CNCC12CCN(CC1)CC2. The molecule has 0 atom stereocenters. The fourth-order valence-electron chi connectivity index (χ4n) is 2.42. The normalized spacial score (nSPS) is 39.5. The third-order valence-electron chi connectivity index (χ3n) is 3.44. The van der Waals surface area contributed by atoms with Crippen LogP contribution in [0.1, 0.15) is 19.3 Å². The highest BCUT2D eigenvalue weighted by atomic mass is 16.1. The van der Waals surface area contributed by atoms with Crippen molar-refractivity contribution < 1.29 is 4.79 Å². The summed E-state index contributed by atoms with van der Waals surface area (Å²) < 4.78 is 0. The highest BCUT2D eigenvalue weighted by Crippen LogP contribution is 2.39. The Bertz CT molecular complexity index is 160. The zero-order valence-electron chi connectivity index (χ0n) is 7.38. The van der Waals surface area contributed by atoms with Crippen molar-refractivity contribution in [3.8, 4) is 0 Å². The van der Waals surface area contributed by atoms with E-state index >= 15 is 0 Å². The number of hydrogen-bond acceptors (Lipinski definition) is 2. The Labute approximate surface area is 73.1 Å². The van der Waals surface area contributed by atoms with Crippen molar-refractivity contribution in [2.24, 2.45) is 5.41 Å². The molecule has 0 spiro atoms. The molecule has 2 bridgehead atoms. The number of fused-ring (bicyclic) bond motifs is 3. The molecular weight excluding hydrogens is 152 g/mol. The molecule has 3 saturated heterocycles. The maximum atomic E-state index is 10.2. The summed E-state index contributed by atoms with van der Waals surface area (Å²) in [6.45, 7) is 4.60. The Morgan fingerprint density at radius 3 is 2.33 bits per heavy atom.